The van der Waals surface area contributed by atoms with Gasteiger partial charge in [0.15, 0.2) is 17.5 Å². The average Bonchev–Trinajstić information content (AvgIpc) is 3.56. The highest BCUT2D eigenvalue weighted by molar-refractivity contribution is 6.40. The van der Waals surface area contributed by atoms with Crippen LogP contribution in [0.2, 0.25) is 0 Å². The summed E-state index contributed by atoms with van der Waals surface area (Å²) in [4.78, 5) is 15.0. The minimum absolute atomic E-state index is 0.642. The Balaban J connectivity index is 1.06. The van der Waals surface area contributed by atoms with Crippen molar-refractivity contribution in [1.82, 2.24) is 19.5 Å². The number of hydrogen-bond acceptors (Lipinski definition) is 3. The van der Waals surface area contributed by atoms with Gasteiger partial charge in [-0.1, -0.05) is 133 Å². The lowest BCUT2D eigenvalue weighted by Crippen LogP contribution is -2.00. The van der Waals surface area contributed by atoms with Crippen molar-refractivity contribution in [2.45, 2.75) is 0 Å². The zero-order chi connectivity index (χ0) is 33.5. The fourth-order valence-electron chi connectivity index (χ4n) is 8.02. The first-order valence-corrected chi connectivity index (χ1v) is 17.3. The number of rotatable bonds is 5. The molecule has 0 radical (unpaired) electrons. The second kappa shape index (κ2) is 10.8. The van der Waals surface area contributed by atoms with Crippen LogP contribution in [-0.2, 0) is 0 Å². The quantitative estimate of drug-likeness (QED) is 0.138. The molecular formula is C47H28N4. The van der Waals surface area contributed by atoms with E-state index >= 15 is 0 Å². The number of hydrogen-bond donors (Lipinski definition) is 0. The van der Waals surface area contributed by atoms with E-state index in [0.29, 0.717) is 17.5 Å². The molecule has 236 valence electrons. The molecule has 0 atom stereocenters. The Labute approximate surface area is 293 Å². The topological polar surface area (TPSA) is 43.6 Å². The third kappa shape index (κ3) is 4.23. The van der Waals surface area contributed by atoms with Gasteiger partial charge >= 0.3 is 0 Å². The number of fused-ring (bicyclic) bond motifs is 1. The lowest BCUT2D eigenvalue weighted by molar-refractivity contribution is 1.07. The van der Waals surface area contributed by atoms with Crippen molar-refractivity contribution >= 4 is 54.1 Å². The van der Waals surface area contributed by atoms with E-state index in [2.05, 4.69) is 138 Å². The summed E-state index contributed by atoms with van der Waals surface area (Å²) in [6.07, 6.45) is 0. The molecule has 51 heavy (non-hydrogen) atoms. The highest BCUT2D eigenvalue weighted by Crippen LogP contribution is 2.47. The summed E-state index contributed by atoms with van der Waals surface area (Å²) < 4.78 is 2.41. The Morgan fingerprint density at radius 2 is 0.765 bits per heavy atom. The van der Waals surface area contributed by atoms with Crippen molar-refractivity contribution in [1.29, 1.82) is 0 Å². The van der Waals surface area contributed by atoms with Gasteiger partial charge in [0.1, 0.15) is 0 Å². The molecule has 0 aliphatic carbocycles. The van der Waals surface area contributed by atoms with Gasteiger partial charge in [-0.15, -0.1) is 0 Å². The molecule has 0 N–H and O–H groups in total. The summed E-state index contributed by atoms with van der Waals surface area (Å²) in [5.74, 6) is 1.94. The van der Waals surface area contributed by atoms with E-state index < -0.39 is 0 Å². The third-order valence-corrected chi connectivity index (χ3v) is 10.4. The third-order valence-electron chi connectivity index (χ3n) is 10.4. The Bertz CT molecular complexity index is 3040. The van der Waals surface area contributed by atoms with Crippen LogP contribution in [0, 0.1) is 0 Å². The van der Waals surface area contributed by atoms with Gasteiger partial charge in [0.05, 0.1) is 11.0 Å². The maximum absolute atomic E-state index is 5.04. The maximum atomic E-state index is 5.04. The molecule has 0 bridgehead atoms. The fourth-order valence-corrected chi connectivity index (χ4v) is 8.02. The number of nitrogens with zero attached hydrogens (tertiary/aromatic N) is 4. The molecule has 0 fully saturated rings. The van der Waals surface area contributed by atoms with E-state index in [0.717, 1.165) is 27.9 Å². The van der Waals surface area contributed by atoms with Crippen LogP contribution in [0.3, 0.4) is 0 Å². The molecule has 11 rings (SSSR count). The summed E-state index contributed by atoms with van der Waals surface area (Å²) in [6.45, 7) is 0. The second-order valence-electron chi connectivity index (χ2n) is 13.2. The van der Waals surface area contributed by atoms with Crippen molar-refractivity contribution in [3.8, 4) is 51.0 Å². The monoisotopic (exact) mass is 648 g/mol. The summed E-state index contributed by atoms with van der Waals surface area (Å²) >= 11 is 0. The van der Waals surface area contributed by atoms with Crippen LogP contribution in [0.25, 0.3) is 105 Å². The van der Waals surface area contributed by atoms with E-state index in [1.165, 1.54) is 59.7 Å². The first-order chi connectivity index (χ1) is 25.3. The molecule has 0 saturated heterocycles. The van der Waals surface area contributed by atoms with Crippen molar-refractivity contribution in [3.05, 3.63) is 170 Å². The lowest BCUT2D eigenvalue weighted by atomic mass is 9.89. The highest BCUT2D eigenvalue weighted by Gasteiger charge is 2.22. The van der Waals surface area contributed by atoms with E-state index in [1.54, 1.807) is 0 Å². The fraction of sp³-hybridized carbons (Fsp3) is 0. The molecule has 0 aliphatic rings. The first-order valence-electron chi connectivity index (χ1n) is 17.3. The van der Waals surface area contributed by atoms with Crippen LogP contribution in [0.1, 0.15) is 0 Å². The Hall–Kier alpha value is -6.91. The van der Waals surface area contributed by atoms with Crippen LogP contribution in [0.4, 0.5) is 0 Å². The largest absolute Gasteiger partial charge is 0.309 e. The molecule has 0 unspecified atom stereocenters. The molecule has 2 heterocycles. The molecule has 0 saturated carbocycles. The van der Waals surface area contributed by atoms with E-state index in [4.69, 9.17) is 15.0 Å². The minimum atomic E-state index is 0.642. The number of aromatic nitrogens is 4. The Morgan fingerprint density at radius 1 is 0.294 bits per heavy atom. The van der Waals surface area contributed by atoms with Crippen LogP contribution in [-0.4, -0.2) is 19.5 Å². The zero-order valence-electron chi connectivity index (χ0n) is 27.5. The molecule has 4 heteroatoms. The normalized spacial score (nSPS) is 11.9. The summed E-state index contributed by atoms with van der Waals surface area (Å²) in [5.41, 5.74) is 8.69. The van der Waals surface area contributed by atoms with Gasteiger partial charge in [0.2, 0.25) is 0 Å². The van der Waals surface area contributed by atoms with Crippen molar-refractivity contribution in [2.24, 2.45) is 0 Å². The van der Waals surface area contributed by atoms with Crippen LogP contribution in [0.5, 0.6) is 0 Å². The number of benzene rings is 9. The van der Waals surface area contributed by atoms with Gasteiger partial charge < -0.3 is 4.57 Å². The average molecular weight is 649 g/mol. The molecule has 2 aromatic heterocycles. The molecule has 9 aromatic carbocycles. The molecule has 0 aliphatic heterocycles. The van der Waals surface area contributed by atoms with Crippen molar-refractivity contribution < 1.29 is 0 Å². The van der Waals surface area contributed by atoms with E-state index in [-0.39, 0.29) is 0 Å². The maximum Gasteiger partial charge on any atom is 0.164 e. The molecule has 11 aromatic rings. The molecular weight excluding hydrogens is 621 g/mol. The minimum Gasteiger partial charge on any atom is -0.309 e. The summed E-state index contributed by atoms with van der Waals surface area (Å²) in [7, 11) is 0. The molecule has 0 amide bonds. The summed E-state index contributed by atoms with van der Waals surface area (Å²) in [6, 6.07) is 60.1. The lowest BCUT2D eigenvalue weighted by Gasteiger charge is -2.13. The standard InChI is InChI=1S/C47H28N4/c1-3-9-29(10-4-1)30-17-21-34(22-18-30)46-48-45(33-11-5-2-6-12-33)49-47(50-46)35-23-26-36(27-24-35)51-39-16-8-15-38-37-14-7-13-31-19-20-32-25-28-40(51)44(43(38)39)42(32)41(31)37/h1-28H. The van der Waals surface area contributed by atoms with Crippen LogP contribution < -0.4 is 0 Å². The Kier molecular flexibility index (Phi) is 5.92. The van der Waals surface area contributed by atoms with Crippen LogP contribution in [0.15, 0.2) is 170 Å². The molecule has 0 spiro atoms. The van der Waals surface area contributed by atoms with Gasteiger partial charge in [-0.25, -0.2) is 15.0 Å². The first kappa shape index (κ1) is 28.0. The van der Waals surface area contributed by atoms with Crippen molar-refractivity contribution in [3.63, 3.8) is 0 Å². The predicted molar refractivity (Wildman–Crippen MR) is 211 cm³/mol. The second-order valence-corrected chi connectivity index (χ2v) is 13.2. The molecule has 4 nitrogen and oxygen atoms in total. The van der Waals surface area contributed by atoms with Crippen LogP contribution >= 0.6 is 0 Å². The van der Waals surface area contributed by atoms with E-state index in [9.17, 15) is 0 Å². The van der Waals surface area contributed by atoms with Gasteiger partial charge in [-0.05, 0) is 74.5 Å². The SMILES string of the molecule is c1ccc(-c2ccc(-c3nc(-c4ccccc4)nc(-c4ccc(-n5c6cccc7c8cccc9ccc%10ccc5c(c%10c98)c76)cc4)n3)cc2)cc1. The predicted octanol–water partition coefficient (Wildman–Crippen LogP) is 12.0. The van der Waals surface area contributed by atoms with E-state index in [1.807, 2.05) is 36.4 Å². The van der Waals surface area contributed by atoms with Gasteiger partial charge in [-0.2, -0.15) is 0 Å². The summed E-state index contributed by atoms with van der Waals surface area (Å²) in [5, 5.41) is 10.5. The van der Waals surface area contributed by atoms with Gasteiger partial charge in [0, 0.05) is 38.5 Å². The van der Waals surface area contributed by atoms with Gasteiger partial charge in [0.25, 0.3) is 0 Å². The zero-order valence-corrected chi connectivity index (χ0v) is 27.5. The smallest absolute Gasteiger partial charge is 0.164 e. The highest BCUT2D eigenvalue weighted by atomic mass is 15.0. The van der Waals surface area contributed by atoms with Crippen molar-refractivity contribution in [2.75, 3.05) is 0 Å². The van der Waals surface area contributed by atoms with Gasteiger partial charge in [-0.3, -0.25) is 0 Å². The Morgan fingerprint density at radius 3 is 1.43 bits per heavy atom.